The van der Waals surface area contributed by atoms with Crippen LogP contribution < -0.4 is 0 Å². The highest BCUT2D eigenvalue weighted by atomic mass is 14.6. The Balaban J connectivity index is 0. The summed E-state index contributed by atoms with van der Waals surface area (Å²) >= 11 is 0. The predicted octanol–water partition coefficient (Wildman–Crippen LogP) is 20.0. The standard InChI is InChI=1S/2C20H34.8C2H6/c1-13-15-10-11-17-16-7-5-4-6-14(16)8-9-18(17)19(15)12-20(13,2)3;1-13-18-12-19-15-7-5-4-6-14(15)8-9-16(19)17(18)10-11-20(13,2)3;8*1-2/h2*13-19H,4-12H2,1-3H3;8*1-2H3. The van der Waals surface area contributed by atoms with Crippen molar-refractivity contribution in [2.24, 2.45) is 93.7 Å². The molecule has 14 atom stereocenters. The van der Waals surface area contributed by atoms with Crippen LogP contribution in [0, 0.1) is 93.7 Å². The number of hydrogen-bond donors (Lipinski definition) is 0. The molecule has 8 fully saturated rings. The van der Waals surface area contributed by atoms with Crippen LogP contribution >= 0.6 is 0 Å². The molecule has 0 aliphatic heterocycles. The highest BCUT2D eigenvalue weighted by Crippen LogP contribution is 2.64. The van der Waals surface area contributed by atoms with Crippen LogP contribution in [-0.4, -0.2) is 0 Å². The first-order chi connectivity index (χ1) is 27.2. The Morgan fingerprint density at radius 3 is 1.11 bits per heavy atom. The molecule has 0 bridgehead atoms. The second-order valence-corrected chi connectivity index (χ2v) is 19.0. The fourth-order valence-corrected chi connectivity index (χ4v) is 14.4. The molecule has 0 radical (unpaired) electrons. The van der Waals surface area contributed by atoms with Gasteiger partial charge in [0.2, 0.25) is 0 Å². The van der Waals surface area contributed by atoms with E-state index in [1.807, 2.05) is 111 Å². The molecule has 8 aliphatic carbocycles. The maximum Gasteiger partial charge on any atom is -0.0323 e. The van der Waals surface area contributed by atoms with Gasteiger partial charge in [-0.2, -0.15) is 0 Å². The lowest BCUT2D eigenvalue weighted by Gasteiger charge is -2.52. The summed E-state index contributed by atoms with van der Waals surface area (Å²) in [5, 5.41) is 0. The van der Waals surface area contributed by atoms with Crippen molar-refractivity contribution in [1.82, 2.24) is 0 Å². The Hall–Kier alpha value is 0. The lowest BCUT2D eigenvalue weighted by Crippen LogP contribution is -2.43. The van der Waals surface area contributed by atoms with Crippen molar-refractivity contribution in [2.75, 3.05) is 0 Å². The van der Waals surface area contributed by atoms with Gasteiger partial charge in [-0.1, -0.05) is 191 Å². The van der Waals surface area contributed by atoms with E-state index in [1.165, 1.54) is 25.7 Å². The van der Waals surface area contributed by atoms with E-state index in [9.17, 15) is 0 Å². The van der Waals surface area contributed by atoms with E-state index >= 15 is 0 Å². The molecular formula is C56H116. The number of fused-ring (bicyclic) bond motifs is 10. The molecule has 340 valence electrons. The van der Waals surface area contributed by atoms with Crippen LogP contribution in [0.15, 0.2) is 0 Å². The Bertz CT molecular complexity index is 880. The van der Waals surface area contributed by atoms with E-state index in [4.69, 9.17) is 0 Å². The molecule has 0 aromatic rings. The van der Waals surface area contributed by atoms with Gasteiger partial charge in [0, 0.05) is 0 Å². The molecule has 8 saturated carbocycles. The van der Waals surface area contributed by atoms with Gasteiger partial charge in [0.25, 0.3) is 0 Å². The van der Waals surface area contributed by atoms with Gasteiger partial charge in [-0.3, -0.25) is 0 Å². The molecule has 14 unspecified atom stereocenters. The lowest BCUT2D eigenvalue weighted by atomic mass is 9.53. The first kappa shape index (κ1) is 58.1. The van der Waals surface area contributed by atoms with Crippen molar-refractivity contribution in [3.63, 3.8) is 0 Å². The summed E-state index contributed by atoms with van der Waals surface area (Å²) in [6, 6.07) is 0. The van der Waals surface area contributed by atoms with Crippen molar-refractivity contribution in [1.29, 1.82) is 0 Å². The van der Waals surface area contributed by atoms with Gasteiger partial charge in [0.05, 0.1) is 0 Å². The minimum absolute atomic E-state index is 0.612. The zero-order valence-electron chi connectivity index (χ0n) is 43.8. The van der Waals surface area contributed by atoms with E-state index in [-0.39, 0.29) is 0 Å². The SMILES string of the molecule is CC.CC.CC.CC.CC.CC.CC.CC.CC1C2CC3C4CCCCC4CCC3C2CCC1(C)C.CC1C2CCC3C4CCCCC4CCC3C2CC1(C)C. The van der Waals surface area contributed by atoms with E-state index in [1.54, 1.807) is 89.9 Å². The second kappa shape index (κ2) is 30.9. The Kier molecular flexibility index (Phi) is 32.1. The highest BCUT2D eigenvalue weighted by molar-refractivity contribution is 5.05. The fraction of sp³-hybridized carbons (Fsp3) is 1.00. The molecule has 0 saturated heterocycles. The van der Waals surface area contributed by atoms with Gasteiger partial charge in [-0.05, 0) is 171 Å². The summed E-state index contributed by atoms with van der Waals surface area (Å²) in [4.78, 5) is 0. The second-order valence-electron chi connectivity index (χ2n) is 19.0. The van der Waals surface area contributed by atoms with Gasteiger partial charge in [0.1, 0.15) is 0 Å². The largest absolute Gasteiger partial charge is 0.0683 e. The summed E-state index contributed by atoms with van der Waals surface area (Å²) in [6.45, 7) is 47.3. The molecule has 0 heteroatoms. The maximum atomic E-state index is 2.59. The maximum absolute atomic E-state index is 2.59. The molecule has 0 nitrogen and oxygen atoms in total. The molecule has 56 heavy (non-hydrogen) atoms. The van der Waals surface area contributed by atoms with Crippen molar-refractivity contribution < 1.29 is 0 Å². The molecule has 0 aromatic heterocycles. The molecule has 8 aliphatic rings. The molecule has 0 heterocycles. The average molecular weight is 790 g/mol. The monoisotopic (exact) mass is 789 g/mol. The highest BCUT2D eigenvalue weighted by Gasteiger charge is 2.56. The molecule has 0 spiro atoms. The minimum atomic E-state index is 0.612. The van der Waals surface area contributed by atoms with Crippen LogP contribution in [0.1, 0.15) is 268 Å². The van der Waals surface area contributed by atoms with E-state index in [2.05, 4.69) is 41.5 Å². The summed E-state index contributed by atoms with van der Waals surface area (Å²) in [7, 11) is 0. The molecule has 8 rings (SSSR count). The normalized spacial score (nSPS) is 39.3. The number of rotatable bonds is 0. The topological polar surface area (TPSA) is 0 Å². The van der Waals surface area contributed by atoms with Crippen LogP contribution in [0.2, 0.25) is 0 Å². The smallest absolute Gasteiger partial charge is 0.0323 e. The average Bonchev–Trinajstić information content (AvgIpc) is 3.78. The molecule has 0 amide bonds. The minimum Gasteiger partial charge on any atom is -0.0683 e. The summed E-state index contributed by atoms with van der Waals surface area (Å²) < 4.78 is 0. The van der Waals surface area contributed by atoms with E-state index < -0.39 is 0 Å². The van der Waals surface area contributed by atoms with Crippen LogP contribution in [-0.2, 0) is 0 Å². The van der Waals surface area contributed by atoms with Gasteiger partial charge in [-0.15, -0.1) is 0 Å². The quantitative estimate of drug-likeness (QED) is 0.229. The van der Waals surface area contributed by atoms with Crippen molar-refractivity contribution in [3.05, 3.63) is 0 Å². The lowest BCUT2D eigenvalue weighted by molar-refractivity contribution is -0.0234. The third kappa shape index (κ3) is 14.0. The van der Waals surface area contributed by atoms with Crippen LogP contribution in [0.3, 0.4) is 0 Å². The molecule has 0 aromatic carbocycles. The first-order valence-corrected chi connectivity index (χ1v) is 27.2. The summed E-state index contributed by atoms with van der Waals surface area (Å²) in [5.41, 5.74) is 1.23. The first-order valence-electron chi connectivity index (χ1n) is 27.2. The van der Waals surface area contributed by atoms with Gasteiger partial charge in [0.15, 0.2) is 0 Å². The number of hydrogen-bond acceptors (Lipinski definition) is 0. The summed E-state index contributed by atoms with van der Waals surface area (Å²) in [5.74, 6) is 15.4. The van der Waals surface area contributed by atoms with Crippen LogP contribution in [0.4, 0.5) is 0 Å². The van der Waals surface area contributed by atoms with Gasteiger partial charge < -0.3 is 0 Å². The molecule has 0 N–H and O–H groups in total. The third-order valence-corrected chi connectivity index (χ3v) is 17.1. The predicted molar refractivity (Wildman–Crippen MR) is 262 cm³/mol. The van der Waals surface area contributed by atoms with Crippen molar-refractivity contribution in [2.45, 2.75) is 268 Å². The van der Waals surface area contributed by atoms with Crippen LogP contribution in [0.25, 0.3) is 0 Å². The zero-order valence-corrected chi connectivity index (χ0v) is 43.8. The van der Waals surface area contributed by atoms with Crippen molar-refractivity contribution in [3.8, 4) is 0 Å². The third-order valence-electron chi connectivity index (χ3n) is 17.1. The van der Waals surface area contributed by atoms with Crippen LogP contribution in [0.5, 0.6) is 0 Å². The van der Waals surface area contributed by atoms with E-state index in [0.717, 1.165) is 82.9 Å². The fourth-order valence-electron chi connectivity index (χ4n) is 14.4. The molecular weight excluding hydrogens is 673 g/mol. The Morgan fingerprint density at radius 2 is 0.625 bits per heavy atom. The Morgan fingerprint density at radius 1 is 0.286 bits per heavy atom. The summed E-state index contributed by atoms with van der Waals surface area (Å²) in [6.07, 6.45) is 28.2. The zero-order chi connectivity index (χ0) is 43.8. The van der Waals surface area contributed by atoms with Gasteiger partial charge in [-0.25, -0.2) is 0 Å². The van der Waals surface area contributed by atoms with Gasteiger partial charge >= 0.3 is 0 Å². The van der Waals surface area contributed by atoms with E-state index in [0.29, 0.717) is 10.8 Å². The Labute approximate surface area is 360 Å². The van der Waals surface area contributed by atoms with Crippen molar-refractivity contribution >= 4 is 0 Å².